The predicted octanol–water partition coefficient (Wildman–Crippen LogP) is 9.01. The molecular formula is C34H56O8. The summed E-state index contributed by atoms with van der Waals surface area (Å²) in [7, 11) is 0. The third kappa shape index (κ3) is 15.6. The van der Waals surface area contributed by atoms with E-state index in [9.17, 15) is 14.4 Å². The van der Waals surface area contributed by atoms with E-state index >= 15 is 0 Å². The number of allylic oxidation sites excluding steroid dienone is 2. The third-order valence-corrected chi connectivity index (χ3v) is 8.08. The van der Waals surface area contributed by atoms with Gasteiger partial charge in [0.15, 0.2) is 0 Å². The molecule has 42 heavy (non-hydrogen) atoms. The second kappa shape index (κ2) is 22.1. The van der Waals surface area contributed by atoms with Crippen molar-refractivity contribution < 1.29 is 38.1 Å². The number of carbonyl (C=O) groups is 3. The van der Waals surface area contributed by atoms with Gasteiger partial charge in [0.2, 0.25) is 0 Å². The maximum atomic E-state index is 12.7. The standard InChI is InChI=1S/C34H56O8/c1-4-6-8-10-12-17-23-38-33(36)41-29-25-28-20-16-14-15-19-27(3)40-32(35)22-21-31(30(28)26-29)42-34(37)39-24-18-13-11-9-7-5-2/h16,20-22,27-31H,4-15,17-19,23-26H2,1-3H3/b20-16+,22-21+/t27-,28+,29-,30+,31+/m0/s1. The van der Waals surface area contributed by atoms with Crippen molar-refractivity contribution in [3.05, 3.63) is 24.3 Å². The van der Waals surface area contributed by atoms with Crippen molar-refractivity contribution in [1.82, 2.24) is 0 Å². The quantitative estimate of drug-likeness (QED) is 0.0758. The molecule has 8 heteroatoms. The van der Waals surface area contributed by atoms with Gasteiger partial charge in [-0.2, -0.15) is 0 Å². The van der Waals surface area contributed by atoms with Gasteiger partial charge < -0.3 is 23.7 Å². The molecule has 0 bridgehead atoms. The predicted molar refractivity (Wildman–Crippen MR) is 163 cm³/mol. The van der Waals surface area contributed by atoms with Gasteiger partial charge in [-0.3, -0.25) is 0 Å². The van der Waals surface area contributed by atoms with Gasteiger partial charge in [-0.05, 0) is 63.9 Å². The molecule has 1 fully saturated rings. The maximum absolute atomic E-state index is 12.7. The fourth-order valence-electron chi connectivity index (χ4n) is 5.67. The highest BCUT2D eigenvalue weighted by Crippen LogP contribution is 2.39. The number of ether oxygens (including phenoxy) is 5. The molecule has 2 aliphatic rings. The Bertz CT molecular complexity index is 822. The topological polar surface area (TPSA) is 97.4 Å². The number of carbonyl (C=O) groups excluding carboxylic acids is 3. The van der Waals surface area contributed by atoms with Gasteiger partial charge in [0, 0.05) is 12.0 Å². The minimum Gasteiger partial charge on any atom is -0.460 e. The summed E-state index contributed by atoms with van der Waals surface area (Å²) in [6.45, 7) is 6.90. The molecule has 0 unspecified atom stereocenters. The smallest absolute Gasteiger partial charge is 0.460 e. The van der Waals surface area contributed by atoms with Crippen LogP contribution in [0.3, 0.4) is 0 Å². The Labute approximate surface area is 253 Å². The monoisotopic (exact) mass is 592 g/mol. The number of hydrogen-bond acceptors (Lipinski definition) is 8. The lowest BCUT2D eigenvalue weighted by Gasteiger charge is -2.24. The zero-order chi connectivity index (χ0) is 30.4. The Morgan fingerprint density at radius 1 is 0.810 bits per heavy atom. The highest BCUT2D eigenvalue weighted by Gasteiger charge is 2.41. The van der Waals surface area contributed by atoms with Crippen LogP contribution in [0.15, 0.2) is 24.3 Å². The van der Waals surface area contributed by atoms with E-state index < -0.39 is 24.4 Å². The number of cyclic esters (lactones) is 1. The maximum Gasteiger partial charge on any atom is 0.508 e. The highest BCUT2D eigenvalue weighted by molar-refractivity contribution is 5.82. The van der Waals surface area contributed by atoms with Gasteiger partial charge in [0.1, 0.15) is 12.2 Å². The fraction of sp³-hybridized carbons (Fsp3) is 0.794. The molecule has 0 saturated heterocycles. The minimum absolute atomic E-state index is 0.00317. The Morgan fingerprint density at radius 2 is 1.40 bits per heavy atom. The van der Waals surface area contributed by atoms with Crippen molar-refractivity contribution in [3.63, 3.8) is 0 Å². The van der Waals surface area contributed by atoms with E-state index in [1.54, 1.807) is 6.08 Å². The van der Waals surface area contributed by atoms with Crippen LogP contribution in [0.4, 0.5) is 9.59 Å². The molecule has 2 rings (SSSR count). The van der Waals surface area contributed by atoms with E-state index in [2.05, 4.69) is 26.0 Å². The summed E-state index contributed by atoms with van der Waals surface area (Å²) in [5.74, 6) is -0.664. The first-order chi connectivity index (χ1) is 20.4. The van der Waals surface area contributed by atoms with Crippen molar-refractivity contribution in [2.45, 2.75) is 148 Å². The molecule has 0 amide bonds. The first kappa shape index (κ1) is 35.7. The van der Waals surface area contributed by atoms with Crippen molar-refractivity contribution >= 4 is 18.3 Å². The van der Waals surface area contributed by atoms with Gasteiger partial charge >= 0.3 is 18.3 Å². The molecular weight excluding hydrogens is 536 g/mol. The summed E-state index contributed by atoms with van der Waals surface area (Å²) >= 11 is 0. The van der Waals surface area contributed by atoms with Crippen LogP contribution >= 0.6 is 0 Å². The Morgan fingerprint density at radius 3 is 2.05 bits per heavy atom. The van der Waals surface area contributed by atoms with Gasteiger partial charge in [0.05, 0.1) is 19.3 Å². The summed E-state index contributed by atoms with van der Waals surface area (Å²) < 4.78 is 27.7. The van der Waals surface area contributed by atoms with E-state index in [1.165, 1.54) is 44.6 Å². The number of fused-ring (bicyclic) bond motifs is 1. The lowest BCUT2D eigenvalue weighted by molar-refractivity contribution is -0.142. The Balaban J connectivity index is 1.98. The van der Waals surface area contributed by atoms with Crippen molar-refractivity contribution in [3.8, 4) is 0 Å². The van der Waals surface area contributed by atoms with Gasteiger partial charge in [0.25, 0.3) is 0 Å². The summed E-state index contributed by atoms with van der Waals surface area (Å²) in [6, 6.07) is 0. The second-order valence-corrected chi connectivity index (χ2v) is 11.8. The van der Waals surface area contributed by atoms with E-state index in [1.807, 2.05) is 6.92 Å². The molecule has 0 N–H and O–H groups in total. The average Bonchev–Trinajstić information content (AvgIpc) is 3.35. The van der Waals surface area contributed by atoms with Crippen LogP contribution in [0, 0.1) is 11.8 Å². The number of hydrogen-bond donors (Lipinski definition) is 0. The molecule has 5 atom stereocenters. The summed E-state index contributed by atoms with van der Waals surface area (Å²) in [5, 5.41) is 0. The number of rotatable bonds is 16. The van der Waals surface area contributed by atoms with E-state index in [-0.39, 0.29) is 24.0 Å². The van der Waals surface area contributed by atoms with Gasteiger partial charge in [-0.15, -0.1) is 0 Å². The normalized spacial score (nSPS) is 26.0. The molecule has 0 aromatic rings. The van der Waals surface area contributed by atoms with E-state index in [0.717, 1.165) is 57.8 Å². The molecule has 0 radical (unpaired) electrons. The summed E-state index contributed by atoms with van der Waals surface area (Å²) in [6.07, 6.45) is 21.2. The highest BCUT2D eigenvalue weighted by atomic mass is 16.7. The molecule has 0 spiro atoms. The molecule has 240 valence electrons. The first-order valence-electron chi connectivity index (χ1n) is 16.6. The van der Waals surface area contributed by atoms with Crippen LogP contribution in [0.2, 0.25) is 0 Å². The van der Waals surface area contributed by atoms with Gasteiger partial charge in [-0.25, -0.2) is 14.4 Å². The van der Waals surface area contributed by atoms with Crippen molar-refractivity contribution in [2.75, 3.05) is 13.2 Å². The molecule has 0 aromatic heterocycles. The minimum atomic E-state index is -0.755. The largest absolute Gasteiger partial charge is 0.508 e. The van der Waals surface area contributed by atoms with Crippen LogP contribution < -0.4 is 0 Å². The molecule has 0 aromatic carbocycles. The SMILES string of the molecule is CCCCCCCCOC(=O)O[C@@H]1C[C@@H]2[C@H](/C=C/CCC[C@H](C)OC(=O)/C=C/[C@H]2OC(=O)OCCCCCCCC)C1. The average molecular weight is 593 g/mol. The second-order valence-electron chi connectivity index (χ2n) is 11.8. The third-order valence-electron chi connectivity index (χ3n) is 8.08. The zero-order valence-electron chi connectivity index (χ0n) is 26.4. The van der Waals surface area contributed by atoms with Crippen LogP contribution in [0.5, 0.6) is 0 Å². The van der Waals surface area contributed by atoms with Crippen LogP contribution in [-0.2, 0) is 28.5 Å². The van der Waals surface area contributed by atoms with Crippen LogP contribution in [0.25, 0.3) is 0 Å². The lowest BCUT2D eigenvalue weighted by Crippen LogP contribution is -2.28. The van der Waals surface area contributed by atoms with Gasteiger partial charge in [-0.1, -0.05) is 90.2 Å². The molecule has 8 nitrogen and oxygen atoms in total. The summed E-state index contributed by atoms with van der Waals surface area (Å²) in [4.78, 5) is 37.6. The Kier molecular flexibility index (Phi) is 18.8. The van der Waals surface area contributed by atoms with Crippen LogP contribution in [0.1, 0.15) is 130 Å². The van der Waals surface area contributed by atoms with Crippen molar-refractivity contribution in [2.24, 2.45) is 11.8 Å². The van der Waals surface area contributed by atoms with Crippen LogP contribution in [-0.4, -0.2) is 49.8 Å². The Hall–Kier alpha value is -2.51. The number of unbranched alkanes of at least 4 members (excludes halogenated alkanes) is 10. The zero-order valence-corrected chi connectivity index (χ0v) is 26.4. The fourth-order valence-corrected chi connectivity index (χ4v) is 5.67. The lowest BCUT2D eigenvalue weighted by atomic mass is 9.89. The van der Waals surface area contributed by atoms with E-state index in [0.29, 0.717) is 26.1 Å². The van der Waals surface area contributed by atoms with Crippen molar-refractivity contribution in [1.29, 1.82) is 0 Å². The molecule has 1 aliphatic heterocycles. The molecule has 1 aliphatic carbocycles. The first-order valence-corrected chi connectivity index (χ1v) is 16.6. The molecule has 1 heterocycles. The summed E-state index contributed by atoms with van der Waals surface area (Å²) in [5.41, 5.74) is 0. The number of esters is 1. The molecule has 1 saturated carbocycles. The van der Waals surface area contributed by atoms with E-state index in [4.69, 9.17) is 23.7 Å².